The van der Waals surface area contributed by atoms with Gasteiger partial charge in [-0.25, -0.2) is 4.98 Å². The largest absolute Gasteiger partial charge is 0.351 e. The van der Waals surface area contributed by atoms with Crippen LogP contribution in [0, 0.1) is 0 Å². The molecule has 0 bridgehead atoms. The van der Waals surface area contributed by atoms with Gasteiger partial charge in [0.15, 0.2) is 0 Å². The third-order valence-corrected chi connectivity index (χ3v) is 1.36. The molecule has 0 aromatic carbocycles. The molecule has 0 aliphatic rings. The first-order valence-electron chi connectivity index (χ1n) is 4.34. The number of halogens is 1. The minimum Gasteiger partial charge on any atom is -0.351 e. The molecular formula is C9H19BrN2. The Morgan fingerprint density at radius 3 is 1.92 bits per heavy atom. The highest BCUT2D eigenvalue weighted by Crippen LogP contribution is 1.95. The van der Waals surface area contributed by atoms with E-state index in [0.29, 0.717) is 0 Å². The van der Waals surface area contributed by atoms with Crippen LogP contribution in [0.4, 0.5) is 0 Å². The Hall–Kier alpha value is -0.310. The Labute approximate surface area is 85.6 Å². The van der Waals surface area contributed by atoms with Crippen molar-refractivity contribution in [1.29, 1.82) is 0 Å². The molecule has 0 saturated heterocycles. The van der Waals surface area contributed by atoms with Gasteiger partial charge in [0.1, 0.15) is 0 Å². The van der Waals surface area contributed by atoms with Crippen molar-refractivity contribution in [2.75, 3.05) is 0 Å². The monoisotopic (exact) mass is 234 g/mol. The summed E-state index contributed by atoms with van der Waals surface area (Å²) in [6.07, 6.45) is 10.6. The number of hydrogen-bond donors (Lipinski definition) is 1. The van der Waals surface area contributed by atoms with Gasteiger partial charge in [0, 0.05) is 12.4 Å². The molecule has 1 heterocycles. The highest BCUT2D eigenvalue weighted by molar-refractivity contribution is 8.93. The molecule has 0 aliphatic carbocycles. The summed E-state index contributed by atoms with van der Waals surface area (Å²) in [5.74, 6) is 0. The second-order valence-corrected chi connectivity index (χ2v) is 2.47. The van der Waals surface area contributed by atoms with Gasteiger partial charge >= 0.3 is 0 Å². The molecule has 0 atom stereocenters. The lowest BCUT2D eigenvalue weighted by Gasteiger charge is -1.86. The second-order valence-electron chi connectivity index (χ2n) is 2.47. The zero-order chi connectivity index (χ0) is 8.36. The summed E-state index contributed by atoms with van der Waals surface area (Å²) >= 11 is 0. The summed E-state index contributed by atoms with van der Waals surface area (Å²) in [7, 11) is 0. The summed E-state index contributed by atoms with van der Waals surface area (Å²) in [4.78, 5) is 6.42. The van der Waals surface area contributed by atoms with Crippen molar-refractivity contribution in [2.45, 2.75) is 39.5 Å². The third-order valence-electron chi connectivity index (χ3n) is 1.36. The van der Waals surface area contributed by atoms with Crippen LogP contribution in [0.3, 0.4) is 0 Å². The number of aromatic nitrogens is 2. The first kappa shape index (κ1) is 14.2. The van der Waals surface area contributed by atoms with E-state index in [9.17, 15) is 0 Å². The summed E-state index contributed by atoms with van der Waals surface area (Å²) in [6.45, 7) is 4.46. The molecule has 1 aromatic rings. The normalized spacial score (nSPS) is 7.83. The highest BCUT2D eigenvalue weighted by Gasteiger charge is 1.75. The molecule has 72 valence electrons. The first-order valence-corrected chi connectivity index (χ1v) is 4.34. The molecule has 12 heavy (non-hydrogen) atoms. The minimum atomic E-state index is 0. The summed E-state index contributed by atoms with van der Waals surface area (Å²) < 4.78 is 0. The van der Waals surface area contributed by atoms with E-state index in [-0.39, 0.29) is 17.0 Å². The smallest absolute Gasteiger partial charge is 0.0919 e. The van der Waals surface area contributed by atoms with Crippen molar-refractivity contribution in [3.8, 4) is 0 Å². The molecule has 0 radical (unpaired) electrons. The summed E-state index contributed by atoms with van der Waals surface area (Å²) in [6, 6.07) is 0. The number of imidazole rings is 1. The molecular weight excluding hydrogens is 216 g/mol. The van der Waals surface area contributed by atoms with E-state index in [2.05, 4.69) is 23.8 Å². The molecule has 0 saturated carbocycles. The van der Waals surface area contributed by atoms with E-state index in [1.165, 1.54) is 25.7 Å². The Morgan fingerprint density at radius 2 is 1.75 bits per heavy atom. The number of rotatable bonds is 3. The maximum absolute atomic E-state index is 3.67. The van der Waals surface area contributed by atoms with Crippen LogP contribution in [0.15, 0.2) is 18.7 Å². The molecule has 2 nitrogen and oxygen atoms in total. The fourth-order valence-electron chi connectivity index (χ4n) is 0.715. The number of aromatic amines is 1. The average molecular weight is 235 g/mol. The lowest BCUT2D eigenvalue weighted by atomic mass is 10.2. The topological polar surface area (TPSA) is 28.7 Å². The van der Waals surface area contributed by atoms with E-state index < -0.39 is 0 Å². The Bertz CT molecular complexity index is 108. The van der Waals surface area contributed by atoms with Gasteiger partial charge in [-0.05, 0) is 0 Å². The summed E-state index contributed by atoms with van der Waals surface area (Å²) in [5, 5.41) is 0. The third kappa shape index (κ3) is 12.4. The van der Waals surface area contributed by atoms with E-state index in [1.54, 1.807) is 18.7 Å². The zero-order valence-electron chi connectivity index (χ0n) is 7.92. The molecule has 0 unspecified atom stereocenters. The van der Waals surface area contributed by atoms with Crippen LogP contribution in [0.25, 0.3) is 0 Å². The predicted octanol–water partition coefficient (Wildman–Crippen LogP) is 3.57. The molecule has 3 heteroatoms. The second kappa shape index (κ2) is 13.3. The molecule has 1 rings (SSSR count). The van der Waals surface area contributed by atoms with Crippen LogP contribution in [-0.2, 0) is 0 Å². The van der Waals surface area contributed by atoms with Crippen LogP contribution < -0.4 is 0 Å². The maximum Gasteiger partial charge on any atom is 0.0919 e. The van der Waals surface area contributed by atoms with Gasteiger partial charge in [-0.2, -0.15) is 0 Å². The Balaban J connectivity index is 0. The summed E-state index contributed by atoms with van der Waals surface area (Å²) in [5.41, 5.74) is 0. The molecule has 1 aromatic heterocycles. The molecule has 0 amide bonds. The van der Waals surface area contributed by atoms with E-state index in [1.807, 2.05) is 0 Å². The van der Waals surface area contributed by atoms with Crippen LogP contribution in [0.1, 0.15) is 39.5 Å². The fraction of sp³-hybridized carbons (Fsp3) is 0.667. The predicted molar refractivity (Wildman–Crippen MR) is 58.7 cm³/mol. The minimum absolute atomic E-state index is 0. The number of hydrogen-bond acceptors (Lipinski definition) is 1. The van der Waals surface area contributed by atoms with Gasteiger partial charge in [0.2, 0.25) is 0 Å². The zero-order valence-corrected chi connectivity index (χ0v) is 9.63. The van der Waals surface area contributed by atoms with E-state index in [0.717, 1.165) is 0 Å². The van der Waals surface area contributed by atoms with Crippen LogP contribution >= 0.6 is 17.0 Å². The Kier molecular flexibility index (Phi) is 15.8. The van der Waals surface area contributed by atoms with Gasteiger partial charge < -0.3 is 4.98 Å². The van der Waals surface area contributed by atoms with Crippen LogP contribution in [0.2, 0.25) is 0 Å². The first-order chi connectivity index (χ1) is 5.41. The lowest BCUT2D eigenvalue weighted by molar-refractivity contribution is 0.702. The van der Waals surface area contributed by atoms with Crippen LogP contribution in [-0.4, -0.2) is 9.97 Å². The molecule has 1 N–H and O–H groups in total. The van der Waals surface area contributed by atoms with Crippen molar-refractivity contribution < 1.29 is 0 Å². The fourth-order valence-corrected chi connectivity index (χ4v) is 0.715. The number of nitrogens with one attached hydrogen (secondary N) is 1. The Morgan fingerprint density at radius 1 is 1.17 bits per heavy atom. The number of unbranched alkanes of at least 4 members (excludes halogenated alkanes) is 3. The van der Waals surface area contributed by atoms with Crippen LogP contribution in [0.5, 0.6) is 0 Å². The van der Waals surface area contributed by atoms with Gasteiger partial charge in [-0.15, -0.1) is 17.0 Å². The maximum atomic E-state index is 3.67. The van der Waals surface area contributed by atoms with E-state index >= 15 is 0 Å². The van der Waals surface area contributed by atoms with Crippen molar-refractivity contribution in [2.24, 2.45) is 0 Å². The van der Waals surface area contributed by atoms with Crippen molar-refractivity contribution in [3.05, 3.63) is 18.7 Å². The number of nitrogens with zero attached hydrogens (tertiary/aromatic N) is 1. The van der Waals surface area contributed by atoms with Gasteiger partial charge in [-0.3, -0.25) is 0 Å². The van der Waals surface area contributed by atoms with Crippen molar-refractivity contribution >= 4 is 17.0 Å². The lowest BCUT2D eigenvalue weighted by Crippen LogP contribution is -1.66. The molecule has 0 spiro atoms. The standard InChI is InChI=1S/C6H14.C3H4N2.BrH/c1-3-5-6-4-2;1-2-5-3-4-1;/h3-6H2,1-2H3;1-3H,(H,4,5);1H. The average Bonchev–Trinajstić information content (AvgIpc) is 2.57. The quantitative estimate of drug-likeness (QED) is 0.797. The van der Waals surface area contributed by atoms with Gasteiger partial charge in [0.25, 0.3) is 0 Å². The van der Waals surface area contributed by atoms with Crippen molar-refractivity contribution in [1.82, 2.24) is 9.97 Å². The highest BCUT2D eigenvalue weighted by atomic mass is 79.9. The molecule has 0 aliphatic heterocycles. The van der Waals surface area contributed by atoms with Gasteiger partial charge in [0.05, 0.1) is 6.33 Å². The van der Waals surface area contributed by atoms with Crippen molar-refractivity contribution in [3.63, 3.8) is 0 Å². The SMILES string of the molecule is Br.CCCCCC.c1c[nH]cn1. The van der Waals surface area contributed by atoms with Gasteiger partial charge in [-0.1, -0.05) is 39.5 Å². The molecule has 0 fully saturated rings. The number of H-pyrrole nitrogens is 1. The van der Waals surface area contributed by atoms with E-state index in [4.69, 9.17) is 0 Å².